The van der Waals surface area contributed by atoms with Gasteiger partial charge in [0.1, 0.15) is 0 Å². The zero-order valence-electron chi connectivity index (χ0n) is 13.0. The number of likely N-dealkylation sites (N-methyl/N-ethyl adjacent to an activating group) is 1. The minimum absolute atomic E-state index is 0. The summed E-state index contributed by atoms with van der Waals surface area (Å²) >= 11 is 9.50. The molecule has 2 N–H and O–H groups in total. The number of hydrogen-bond acceptors (Lipinski definition) is 3. The van der Waals surface area contributed by atoms with Gasteiger partial charge in [-0.1, -0.05) is 27.5 Å². The maximum Gasteiger partial charge on any atom is 0.238 e. The van der Waals surface area contributed by atoms with Crippen LogP contribution in [0.5, 0.6) is 0 Å². The first-order valence-electron chi connectivity index (χ1n) is 7.72. The van der Waals surface area contributed by atoms with E-state index < -0.39 is 0 Å². The highest BCUT2D eigenvalue weighted by atomic mass is 79.9. The molecule has 4 nitrogen and oxygen atoms in total. The number of nitrogens with one attached hydrogen (secondary N) is 2. The zero-order chi connectivity index (χ0) is 15.7. The van der Waals surface area contributed by atoms with Crippen molar-refractivity contribution in [2.24, 2.45) is 0 Å². The van der Waals surface area contributed by atoms with Crippen LogP contribution in [0.2, 0.25) is 5.02 Å². The molecule has 23 heavy (non-hydrogen) atoms. The molecular formula is C16H22BrCl2N3O. The molecule has 1 amide bonds. The number of carbonyl (C=O) groups excluding carboxylic acids is 1. The molecule has 1 aromatic rings. The van der Waals surface area contributed by atoms with E-state index in [2.05, 4.69) is 31.5 Å². The van der Waals surface area contributed by atoms with E-state index in [4.69, 9.17) is 11.6 Å². The van der Waals surface area contributed by atoms with E-state index in [0.717, 1.165) is 17.3 Å². The third kappa shape index (κ3) is 4.83. The summed E-state index contributed by atoms with van der Waals surface area (Å²) in [6.45, 7) is 0.399. The average Bonchev–Trinajstić information content (AvgIpc) is 2.80. The number of fused-ring (bicyclic) bond motifs is 2. The predicted molar refractivity (Wildman–Crippen MR) is 101 cm³/mol. The number of nitrogens with zero attached hydrogens (tertiary/aromatic N) is 1. The van der Waals surface area contributed by atoms with Gasteiger partial charge in [0, 0.05) is 22.6 Å². The van der Waals surface area contributed by atoms with Crippen molar-refractivity contribution in [2.45, 2.75) is 43.8 Å². The average molecular weight is 423 g/mol. The fourth-order valence-electron chi connectivity index (χ4n) is 3.52. The third-order valence-corrected chi connectivity index (χ3v) is 5.48. The SMILES string of the molecule is CN(CC(=O)Nc1ccc(Br)cc1Cl)C1CC2CCC(C1)N2.Cl. The Morgan fingerprint density at radius 1 is 1.39 bits per heavy atom. The summed E-state index contributed by atoms with van der Waals surface area (Å²) in [5.41, 5.74) is 0.661. The Bertz CT molecular complexity index is 560. The van der Waals surface area contributed by atoms with Crippen LogP contribution in [0.3, 0.4) is 0 Å². The number of amides is 1. The monoisotopic (exact) mass is 421 g/mol. The van der Waals surface area contributed by atoms with Crippen LogP contribution < -0.4 is 10.6 Å². The number of anilines is 1. The van der Waals surface area contributed by atoms with Crippen molar-refractivity contribution in [3.05, 3.63) is 27.7 Å². The summed E-state index contributed by atoms with van der Waals surface area (Å²) in [6, 6.07) is 7.23. The van der Waals surface area contributed by atoms with E-state index >= 15 is 0 Å². The fourth-order valence-corrected chi connectivity index (χ4v) is 4.24. The molecule has 0 radical (unpaired) electrons. The van der Waals surface area contributed by atoms with Gasteiger partial charge in [-0.25, -0.2) is 0 Å². The van der Waals surface area contributed by atoms with Crippen molar-refractivity contribution in [3.63, 3.8) is 0 Å². The lowest BCUT2D eigenvalue weighted by molar-refractivity contribution is -0.117. The molecule has 3 rings (SSSR count). The van der Waals surface area contributed by atoms with Gasteiger partial charge in [-0.3, -0.25) is 9.69 Å². The summed E-state index contributed by atoms with van der Waals surface area (Å²) < 4.78 is 0.901. The van der Waals surface area contributed by atoms with Crippen LogP contribution >= 0.6 is 39.9 Å². The number of rotatable bonds is 4. The molecule has 128 valence electrons. The second-order valence-corrected chi connectivity index (χ2v) is 7.67. The molecule has 2 aliphatic rings. The van der Waals surface area contributed by atoms with Gasteiger partial charge in [0.25, 0.3) is 0 Å². The van der Waals surface area contributed by atoms with Crippen LogP contribution in [0.25, 0.3) is 0 Å². The Balaban J connectivity index is 0.00000192. The molecule has 2 heterocycles. The standard InChI is InChI=1S/C16H21BrClN3O.ClH/c1-21(13-7-11-3-4-12(8-13)19-11)9-16(22)20-15-5-2-10(17)6-14(15)18;/h2,5-6,11-13,19H,3-4,7-9H2,1H3,(H,20,22);1H. The number of halogens is 3. The maximum atomic E-state index is 12.2. The highest BCUT2D eigenvalue weighted by Gasteiger charge is 2.35. The molecule has 2 bridgehead atoms. The van der Waals surface area contributed by atoms with Gasteiger partial charge >= 0.3 is 0 Å². The van der Waals surface area contributed by atoms with Gasteiger partial charge in [-0.15, -0.1) is 12.4 Å². The van der Waals surface area contributed by atoms with Crippen LogP contribution in [-0.4, -0.2) is 42.5 Å². The van der Waals surface area contributed by atoms with E-state index in [0.29, 0.717) is 35.4 Å². The molecule has 0 saturated carbocycles. The molecule has 0 spiro atoms. The van der Waals surface area contributed by atoms with Crippen LogP contribution in [0.4, 0.5) is 5.69 Å². The summed E-state index contributed by atoms with van der Waals surface area (Å²) in [4.78, 5) is 14.4. The fraction of sp³-hybridized carbons (Fsp3) is 0.562. The summed E-state index contributed by atoms with van der Waals surface area (Å²) in [5.74, 6) is -0.0161. The van der Waals surface area contributed by atoms with E-state index in [9.17, 15) is 4.79 Å². The second kappa shape index (κ2) is 8.17. The summed E-state index contributed by atoms with van der Waals surface area (Å²) in [5, 5.41) is 7.07. The van der Waals surface area contributed by atoms with Crippen molar-refractivity contribution in [1.82, 2.24) is 10.2 Å². The number of piperidine rings is 1. The van der Waals surface area contributed by atoms with Crippen molar-refractivity contribution in [2.75, 3.05) is 18.9 Å². The third-order valence-electron chi connectivity index (χ3n) is 4.67. The minimum Gasteiger partial charge on any atom is -0.324 e. The maximum absolute atomic E-state index is 12.2. The van der Waals surface area contributed by atoms with Crippen molar-refractivity contribution in [3.8, 4) is 0 Å². The highest BCUT2D eigenvalue weighted by molar-refractivity contribution is 9.10. The molecular weight excluding hydrogens is 401 g/mol. The van der Waals surface area contributed by atoms with E-state index in [1.54, 1.807) is 6.07 Å². The Morgan fingerprint density at radius 3 is 2.65 bits per heavy atom. The molecule has 2 atom stereocenters. The van der Waals surface area contributed by atoms with E-state index in [-0.39, 0.29) is 18.3 Å². The van der Waals surface area contributed by atoms with Crippen molar-refractivity contribution in [1.29, 1.82) is 0 Å². The van der Waals surface area contributed by atoms with Crippen molar-refractivity contribution >= 4 is 51.5 Å². The first-order chi connectivity index (χ1) is 10.5. The highest BCUT2D eigenvalue weighted by Crippen LogP contribution is 2.29. The number of benzene rings is 1. The molecule has 1 aromatic carbocycles. The van der Waals surface area contributed by atoms with Gasteiger partial charge in [0.05, 0.1) is 17.3 Å². The van der Waals surface area contributed by atoms with Crippen LogP contribution in [-0.2, 0) is 4.79 Å². The van der Waals surface area contributed by atoms with Crippen LogP contribution in [0, 0.1) is 0 Å². The quantitative estimate of drug-likeness (QED) is 0.777. The lowest BCUT2D eigenvalue weighted by atomic mass is 9.98. The first kappa shape index (κ1) is 19.0. The molecule has 2 aliphatic heterocycles. The Kier molecular flexibility index (Phi) is 6.75. The van der Waals surface area contributed by atoms with Gasteiger partial charge in [-0.2, -0.15) is 0 Å². The largest absolute Gasteiger partial charge is 0.324 e. The predicted octanol–water partition coefficient (Wildman–Crippen LogP) is 3.68. The lowest BCUT2D eigenvalue weighted by Gasteiger charge is -2.35. The molecule has 2 saturated heterocycles. The molecule has 2 unspecified atom stereocenters. The Labute approximate surface area is 156 Å². The first-order valence-corrected chi connectivity index (χ1v) is 8.89. The minimum atomic E-state index is -0.0161. The van der Waals surface area contributed by atoms with E-state index in [1.807, 2.05) is 19.2 Å². The summed E-state index contributed by atoms with van der Waals surface area (Å²) in [6.07, 6.45) is 4.82. The van der Waals surface area contributed by atoms with Gasteiger partial charge in [0.15, 0.2) is 0 Å². The number of hydrogen-bond donors (Lipinski definition) is 2. The van der Waals surface area contributed by atoms with E-state index in [1.165, 1.54) is 12.8 Å². The molecule has 0 aromatic heterocycles. The molecule has 0 aliphatic carbocycles. The topological polar surface area (TPSA) is 44.4 Å². The van der Waals surface area contributed by atoms with Gasteiger partial charge in [0.2, 0.25) is 5.91 Å². The van der Waals surface area contributed by atoms with Crippen LogP contribution in [0.15, 0.2) is 22.7 Å². The lowest BCUT2D eigenvalue weighted by Crippen LogP contribution is -2.48. The van der Waals surface area contributed by atoms with Gasteiger partial charge in [-0.05, 0) is 50.9 Å². The normalized spacial score (nSPS) is 26.0. The molecule has 7 heteroatoms. The van der Waals surface area contributed by atoms with Crippen molar-refractivity contribution < 1.29 is 4.79 Å². The smallest absolute Gasteiger partial charge is 0.238 e. The zero-order valence-corrected chi connectivity index (χ0v) is 16.2. The van der Waals surface area contributed by atoms with Gasteiger partial charge < -0.3 is 10.6 Å². The summed E-state index contributed by atoms with van der Waals surface area (Å²) in [7, 11) is 2.04. The Hall–Kier alpha value is -0.330. The number of carbonyl (C=O) groups is 1. The Morgan fingerprint density at radius 2 is 2.04 bits per heavy atom. The van der Waals surface area contributed by atoms with Crippen LogP contribution in [0.1, 0.15) is 25.7 Å². The second-order valence-electron chi connectivity index (χ2n) is 6.35. The molecule has 2 fully saturated rings.